The second-order valence-electron chi connectivity index (χ2n) is 3.19. The molecule has 2 aromatic rings. The van der Waals surface area contributed by atoms with Crippen molar-refractivity contribution in [3.05, 3.63) is 65.5 Å². The second-order valence-corrected chi connectivity index (χ2v) is 3.19. The van der Waals surface area contributed by atoms with E-state index < -0.39 is 17.4 Å². The minimum Gasteiger partial charge on any atom is -0.288 e. The summed E-state index contributed by atoms with van der Waals surface area (Å²) >= 11 is 0. The van der Waals surface area contributed by atoms with E-state index in [1.54, 1.807) is 6.07 Å². The lowest BCUT2D eigenvalue weighted by molar-refractivity contribution is 0.103. The lowest BCUT2D eigenvalue weighted by atomic mass is 10.0. The molecule has 2 rings (SSSR count). The fourth-order valence-electron chi connectivity index (χ4n) is 1.32. The smallest absolute Gasteiger partial charge is 0.197 e. The first-order chi connectivity index (χ1) is 7.68. The van der Waals surface area contributed by atoms with Crippen LogP contribution < -0.4 is 0 Å². The van der Waals surface area contributed by atoms with Crippen LogP contribution in [0.1, 0.15) is 15.9 Å². The number of benzene rings is 1. The molecule has 0 bridgehead atoms. The van der Waals surface area contributed by atoms with E-state index >= 15 is 0 Å². The van der Waals surface area contributed by atoms with Crippen LogP contribution in [0.4, 0.5) is 8.78 Å². The predicted molar refractivity (Wildman–Crippen MR) is 54.0 cm³/mol. The number of ketones is 1. The van der Waals surface area contributed by atoms with Crippen molar-refractivity contribution in [2.24, 2.45) is 0 Å². The fourth-order valence-corrected chi connectivity index (χ4v) is 1.32. The van der Waals surface area contributed by atoms with E-state index in [0.717, 1.165) is 18.2 Å². The number of pyridine rings is 1. The van der Waals surface area contributed by atoms with Crippen LogP contribution in [0.5, 0.6) is 0 Å². The second kappa shape index (κ2) is 4.18. The first-order valence-electron chi connectivity index (χ1n) is 4.58. The van der Waals surface area contributed by atoms with Crippen molar-refractivity contribution in [1.29, 1.82) is 0 Å². The molecular weight excluding hydrogens is 212 g/mol. The lowest BCUT2D eigenvalue weighted by Crippen LogP contribution is -2.05. The van der Waals surface area contributed by atoms with Crippen molar-refractivity contribution < 1.29 is 13.6 Å². The molecule has 0 amide bonds. The van der Waals surface area contributed by atoms with Gasteiger partial charge in [0.2, 0.25) is 0 Å². The maximum absolute atomic E-state index is 13.3. The molecule has 0 atom stereocenters. The number of nitrogens with zero attached hydrogens (tertiary/aromatic N) is 1. The SMILES string of the molecule is O=C(c1cccnc1)c1cc(F)ccc1F. The Morgan fingerprint density at radius 3 is 2.69 bits per heavy atom. The van der Waals surface area contributed by atoms with Gasteiger partial charge >= 0.3 is 0 Å². The summed E-state index contributed by atoms with van der Waals surface area (Å²) in [4.78, 5) is 15.5. The molecular formula is C12H7F2NO. The van der Waals surface area contributed by atoms with E-state index in [9.17, 15) is 13.6 Å². The van der Waals surface area contributed by atoms with Gasteiger partial charge in [-0.1, -0.05) is 0 Å². The molecule has 4 heteroatoms. The molecule has 80 valence electrons. The van der Waals surface area contributed by atoms with E-state index in [1.807, 2.05) is 0 Å². The Bertz CT molecular complexity index is 526. The van der Waals surface area contributed by atoms with Crippen molar-refractivity contribution in [3.63, 3.8) is 0 Å². The van der Waals surface area contributed by atoms with Gasteiger partial charge in [0, 0.05) is 18.0 Å². The summed E-state index contributed by atoms with van der Waals surface area (Å²) in [7, 11) is 0. The molecule has 0 spiro atoms. The van der Waals surface area contributed by atoms with Gasteiger partial charge in [0.25, 0.3) is 0 Å². The van der Waals surface area contributed by atoms with Crippen molar-refractivity contribution in [3.8, 4) is 0 Å². The third-order valence-corrected chi connectivity index (χ3v) is 2.10. The number of rotatable bonds is 2. The van der Waals surface area contributed by atoms with Crippen LogP contribution in [0.2, 0.25) is 0 Å². The highest BCUT2D eigenvalue weighted by atomic mass is 19.1. The summed E-state index contributed by atoms with van der Waals surface area (Å²) in [6.45, 7) is 0. The summed E-state index contributed by atoms with van der Waals surface area (Å²) in [6, 6.07) is 5.84. The number of hydrogen-bond acceptors (Lipinski definition) is 2. The quantitative estimate of drug-likeness (QED) is 0.726. The Balaban J connectivity index is 2.46. The average molecular weight is 219 g/mol. The third-order valence-electron chi connectivity index (χ3n) is 2.10. The van der Waals surface area contributed by atoms with Crippen LogP contribution in [-0.2, 0) is 0 Å². The molecule has 2 nitrogen and oxygen atoms in total. The highest BCUT2D eigenvalue weighted by Crippen LogP contribution is 2.14. The van der Waals surface area contributed by atoms with E-state index in [4.69, 9.17) is 0 Å². The molecule has 0 saturated heterocycles. The van der Waals surface area contributed by atoms with E-state index in [2.05, 4.69) is 4.98 Å². The topological polar surface area (TPSA) is 30.0 Å². The van der Waals surface area contributed by atoms with Gasteiger partial charge in [-0.3, -0.25) is 9.78 Å². The van der Waals surface area contributed by atoms with Gasteiger partial charge in [0.15, 0.2) is 5.78 Å². The number of halogens is 2. The van der Waals surface area contributed by atoms with E-state index in [0.29, 0.717) is 0 Å². The molecule has 0 radical (unpaired) electrons. The number of hydrogen-bond donors (Lipinski definition) is 0. The normalized spacial score (nSPS) is 10.1. The maximum atomic E-state index is 13.3. The van der Waals surface area contributed by atoms with Crippen molar-refractivity contribution in [2.75, 3.05) is 0 Å². The molecule has 1 aromatic heterocycles. The first-order valence-corrected chi connectivity index (χ1v) is 4.58. The Morgan fingerprint density at radius 1 is 1.19 bits per heavy atom. The van der Waals surface area contributed by atoms with Gasteiger partial charge in [0.1, 0.15) is 11.6 Å². The lowest BCUT2D eigenvalue weighted by Gasteiger charge is -2.02. The molecule has 0 aliphatic rings. The van der Waals surface area contributed by atoms with Gasteiger partial charge in [-0.2, -0.15) is 0 Å². The number of carbonyl (C=O) groups excluding carboxylic acids is 1. The molecule has 1 heterocycles. The Morgan fingerprint density at radius 2 is 2.00 bits per heavy atom. The highest BCUT2D eigenvalue weighted by molar-refractivity contribution is 6.08. The van der Waals surface area contributed by atoms with Gasteiger partial charge < -0.3 is 0 Å². The summed E-state index contributed by atoms with van der Waals surface area (Å²) in [5, 5.41) is 0. The molecule has 0 aliphatic carbocycles. The summed E-state index contributed by atoms with van der Waals surface area (Å²) < 4.78 is 26.2. The Labute approximate surface area is 90.6 Å². The fraction of sp³-hybridized carbons (Fsp3) is 0. The zero-order valence-corrected chi connectivity index (χ0v) is 8.15. The first kappa shape index (κ1) is 10.4. The summed E-state index contributed by atoms with van der Waals surface area (Å²) in [6.07, 6.45) is 2.81. The Hall–Kier alpha value is -2.10. The zero-order chi connectivity index (χ0) is 11.5. The van der Waals surface area contributed by atoms with Crippen molar-refractivity contribution in [2.45, 2.75) is 0 Å². The van der Waals surface area contributed by atoms with Crippen LogP contribution in [0.15, 0.2) is 42.7 Å². The third kappa shape index (κ3) is 1.95. The molecule has 0 unspecified atom stereocenters. The largest absolute Gasteiger partial charge is 0.288 e. The van der Waals surface area contributed by atoms with Crippen molar-refractivity contribution in [1.82, 2.24) is 4.98 Å². The number of carbonyl (C=O) groups is 1. The average Bonchev–Trinajstić information content (AvgIpc) is 2.32. The van der Waals surface area contributed by atoms with Gasteiger partial charge in [0.05, 0.1) is 5.56 Å². The summed E-state index contributed by atoms with van der Waals surface area (Å²) in [5.41, 5.74) is -0.0556. The Kier molecular flexibility index (Phi) is 2.72. The molecule has 0 N–H and O–H groups in total. The molecule has 0 saturated carbocycles. The zero-order valence-electron chi connectivity index (χ0n) is 8.15. The highest BCUT2D eigenvalue weighted by Gasteiger charge is 2.14. The van der Waals surface area contributed by atoms with Gasteiger partial charge in [-0.05, 0) is 30.3 Å². The monoisotopic (exact) mass is 219 g/mol. The van der Waals surface area contributed by atoms with E-state index in [1.165, 1.54) is 18.5 Å². The molecule has 16 heavy (non-hydrogen) atoms. The predicted octanol–water partition coefficient (Wildman–Crippen LogP) is 2.59. The van der Waals surface area contributed by atoms with Gasteiger partial charge in [-0.25, -0.2) is 8.78 Å². The molecule has 0 aliphatic heterocycles. The van der Waals surface area contributed by atoms with Crippen molar-refractivity contribution >= 4 is 5.78 Å². The van der Waals surface area contributed by atoms with E-state index in [-0.39, 0.29) is 11.1 Å². The molecule has 0 fully saturated rings. The van der Waals surface area contributed by atoms with Gasteiger partial charge in [-0.15, -0.1) is 0 Å². The number of aromatic nitrogens is 1. The van der Waals surface area contributed by atoms with Crippen LogP contribution in [0, 0.1) is 11.6 Å². The standard InChI is InChI=1S/C12H7F2NO/c13-9-3-4-11(14)10(6-9)12(16)8-2-1-5-15-7-8/h1-7H. The van der Waals surface area contributed by atoms with Crippen LogP contribution in [-0.4, -0.2) is 10.8 Å². The van der Waals surface area contributed by atoms with Crippen LogP contribution >= 0.6 is 0 Å². The minimum atomic E-state index is -0.741. The summed E-state index contributed by atoms with van der Waals surface area (Å²) in [5.74, 6) is -1.96. The maximum Gasteiger partial charge on any atom is 0.197 e. The van der Waals surface area contributed by atoms with Crippen LogP contribution in [0.25, 0.3) is 0 Å². The minimum absolute atomic E-state index is 0.229. The molecule has 1 aromatic carbocycles. The van der Waals surface area contributed by atoms with Crippen LogP contribution in [0.3, 0.4) is 0 Å².